The van der Waals surface area contributed by atoms with Crippen molar-refractivity contribution in [3.8, 4) is 57.5 Å². The zero-order valence-corrected chi connectivity index (χ0v) is 34.5. The Kier molecular flexibility index (Phi) is 9.63. The summed E-state index contributed by atoms with van der Waals surface area (Å²) >= 11 is 0. The topological polar surface area (TPSA) is 180 Å². The fourth-order valence-corrected chi connectivity index (χ4v) is 10.1. The number of ether oxygens (including phenoxy) is 14. The minimum Gasteiger partial charge on any atom is -0.493 e. The number of esters is 2. The Labute approximate surface area is 354 Å². The molecule has 2 saturated heterocycles. The molecular weight excluding hydrogens is 812 g/mol. The molecule has 17 heteroatoms. The van der Waals surface area contributed by atoms with Crippen molar-refractivity contribution in [3.05, 3.63) is 81.9 Å². The lowest BCUT2D eigenvalue weighted by Gasteiger charge is -2.40. The third-order valence-electron chi connectivity index (χ3n) is 12.8. The SMILES string of the molecule is COc1cc([C@@H]2c3cc4c(cc3[C@@H](OC(=O)O[C@@H]3c5cc6c(cc5[C@@H](c5cc(OC)c(OC)c(OC)c5)[C@H]5C(=O)OC[C@@H]53)OCO6)[C@H]3COC(=O)[C@H]23)OCO4)cc(OC)c1OC. The molecule has 2 aliphatic carbocycles. The van der Waals surface area contributed by atoms with E-state index < -0.39 is 65.8 Å². The molecule has 2 fully saturated rings. The van der Waals surface area contributed by atoms with Crippen LogP contribution in [0.1, 0.15) is 57.4 Å². The molecule has 324 valence electrons. The Morgan fingerprint density at radius 1 is 0.468 bits per heavy atom. The van der Waals surface area contributed by atoms with Gasteiger partial charge in [0.1, 0.15) is 12.2 Å². The first-order valence-electron chi connectivity index (χ1n) is 19.9. The summed E-state index contributed by atoms with van der Waals surface area (Å²) in [6.45, 7) is -0.129. The van der Waals surface area contributed by atoms with Crippen LogP contribution in [0.15, 0.2) is 48.5 Å². The second kappa shape index (κ2) is 15.2. The lowest BCUT2D eigenvalue weighted by molar-refractivity contribution is -0.142. The second-order valence-electron chi connectivity index (χ2n) is 15.5. The predicted octanol–water partition coefficient (Wildman–Crippen LogP) is 6.00. The lowest BCUT2D eigenvalue weighted by Crippen LogP contribution is -2.38. The molecule has 0 spiro atoms. The molecule has 0 saturated carbocycles. The van der Waals surface area contributed by atoms with Gasteiger partial charge in [-0.25, -0.2) is 4.79 Å². The number of hydrogen-bond donors (Lipinski definition) is 0. The molecular formula is C45H42O17. The third-order valence-corrected chi connectivity index (χ3v) is 12.8. The van der Waals surface area contributed by atoms with Gasteiger partial charge in [-0.1, -0.05) is 0 Å². The van der Waals surface area contributed by atoms with Crippen LogP contribution in [0, 0.1) is 23.7 Å². The highest BCUT2D eigenvalue weighted by molar-refractivity contribution is 5.80. The molecule has 6 aliphatic rings. The number of hydrogen-bond acceptors (Lipinski definition) is 17. The minimum absolute atomic E-state index is 0.0183. The molecule has 0 radical (unpaired) electrons. The molecule has 10 rings (SSSR count). The van der Waals surface area contributed by atoms with E-state index in [2.05, 4.69) is 0 Å². The van der Waals surface area contributed by atoms with Crippen molar-refractivity contribution in [2.45, 2.75) is 24.0 Å². The summed E-state index contributed by atoms with van der Waals surface area (Å²) in [6.07, 6.45) is -3.11. The maximum Gasteiger partial charge on any atom is 0.509 e. The van der Waals surface area contributed by atoms with Crippen LogP contribution in [0.5, 0.6) is 57.5 Å². The highest BCUT2D eigenvalue weighted by Gasteiger charge is 2.57. The molecule has 4 aliphatic heterocycles. The van der Waals surface area contributed by atoms with E-state index in [1.807, 2.05) is 0 Å². The average molecular weight is 855 g/mol. The maximum absolute atomic E-state index is 14.5. The maximum atomic E-state index is 14.5. The third kappa shape index (κ3) is 5.99. The lowest BCUT2D eigenvalue weighted by atomic mass is 9.66. The summed E-state index contributed by atoms with van der Waals surface area (Å²) in [5, 5.41) is 0. The summed E-state index contributed by atoms with van der Waals surface area (Å²) in [5.74, 6) is -0.986. The van der Waals surface area contributed by atoms with E-state index in [1.54, 1.807) is 48.5 Å². The Morgan fingerprint density at radius 2 is 0.806 bits per heavy atom. The molecule has 0 amide bonds. The number of carbonyl (C=O) groups is 3. The van der Waals surface area contributed by atoms with E-state index in [0.717, 1.165) is 0 Å². The van der Waals surface area contributed by atoms with Crippen LogP contribution in [0.3, 0.4) is 0 Å². The standard InChI is InChI=1S/C45H42O17/c1-49-31-7-19(8-32(50-2)41(31)53-5)35-21-11-27-29(59-17-57-27)13-23(21)39(25-15-55-43(46)37(25)35)61-45(48)62-40-24-14-30-28(58-18-60-30)12-22(24)36(38-26(40)16-56-44(38)47)20-9-33(51-3)42(54-6)34(10-20)52-4/h7-14,25-26,35-40H,15-18H2,1-6H3/t25-,26-,35+,36+,37-,38-,39+,40+/m0/s1. The van der Waals surface area contributed by atoms with Crippen LogP contribution >= 0.6 is 0 Å². The van der Waals surface area contributed by atoms with E-state index in [0.29, 0.717) is 90.9 Å². The fourth-order valence-electron chi connectivity index (χ4n) is 10.1. The summed E-state index contributed by atoms with van der Waals surface area (Å²) in [4.78, 5) is 42.2. The number of rotatable bonds is 10. The van der Waals surface area contributed by atoms with E-state index in [1.165, 1.54) is 42.7 Å². The van der Waals surface area contributed by atoms with Gasteiger partial charge in [-0.05, 0) is 70.8 Å². The zero-order chi connectivity index (χ0) is 43.0. The van der Waals surface area contributed by atoms with E-state index in [-0.39, 0.29) is 26.8 Å². The van der Waals surface area contributed by atoms with Gasteiger partial charge in [0, 0.05) is 34.8 Å². The Bertz CT molecular complexity index is 2280. The number of methoxy groups -OCH3 is 6. The van der Waals surface area contributed by atoms with Crippen molar-refractivity contribution < 1.29 is 80.7 Å². The van der Waals surface area contributed by atoms with Gasteiger partial charge in [-0.15, -0.1) is 0 Å². The number of fused-ring (bicyclic) bond motifs is 6. The van der Waals surface area contributed by atoms with Crippen LogP contribution in [0.25, 0.3) is 0 Å². The van der Waals surface area contributed by atoms with Crippen LogP contribution in [-0.2, 0) is 28.5 Å². The predicted molar refractivity (Wildman–Crippen MR) is 210 cm³/mol. The van der Waals surface area contributed by atoms with Crippen molar-refractivity contribution in [1.29, 1.82) is 0 Å². The Balaban J connectivity index is 1.05. The van der Waals surface area contributed by atoms with E-state index in [9.17, 15) is 14.4 Å². The van der Waals surface area contributed by atoms with Gasteiger partial charge < -0.3 is 66.3 Å². The molecule has 62 heavy (non-hydrogen) atoms. The van der Waals surface area contributed by atoms with Crippen molar-refractivity contribution in [2.24, 2.45) is 23.7 Å². The number of carbonyl (C=O) groups excluding carboxylic acids is 3. The normalized spacial score (nSPS) is 25.6. The van der Waals surface area contributed by atoms with Crippen molar-refractivity contribution in [3.63, 3.8) is 0 Å². The molecule has 4 aromatic carbocycles. The van der Waals surface area contributed by atoms with Gasteiger partial charge in [0.25, 0.3) is 0 Å². The van der Waals surface area contributed by atoms with Crippen molar-refractivity contribution in [2.75, 3.05) is 69.5 Å². The van der Waals surface area contributed by atoms with Gasteiger partial charge in [0.05, 0.1) is 67.7 Å². The largest absolute Gasteiger partial charge is 0.509 e. The molecule has 4 heterocycles. The number of benzene rings is 4. The first-order valence-corrected chi connectivity index (χ1v) is 19.9. The molecule has 8 atom stereocenters. The minimum atomic E-state index is -1.04. The molecule has 0 bridgehead atoms. The van der Waals surface area contributed by atoms with Crippen molar-refractivity contribution in [1.82, 2.24) is 0 Å². The van der Waals surface area contributed by atoms with E-state index >= 15 is 0 Å². The Morgan fingerprint density at radius 3 is 1.13 bits per heavy atom. The second-order valence-corrected chi connectivity index (χ2v) is 15.5. The van der Waals surface area contributed by atoms with Gasteiger partial charge in [-0.3, -0.25) is 9.59 Å². The van der Waals surface area contributed by atoms with Crippen LogP contribution in [0.2, 0.25) is 0 Å². The van der Waals surface area contributed by atoms with Crippen LogP contribution < -0.4 is 47.4 Å². The summed E-state index contributed by atoms with van der Waals surface area (Å²) in [7, 11) is 9.07. The van der Waals surface area contributed by atoms with Gasteiger partial charge in [-0.2, -0.15) is 0 Å². The summed E-state index contributed by atoms with van der Waals surface area (Å²) in [5.41, 5.74) is 3.75. The average Bonchev–Trinajstić information content (AvgIpc) is 4.11. The highest BCUT2D eigenvalue weighted by atomic mass is 16.7. The molecule has 17 nitrogen and oxygen atoms in total. The zero-order valence-electron chi connectivity index (χ0n) is 34.5. The number of cyclic esters (lactones) is 2. The molecule has 0 N–H and O–H groups in total. The first kappa shape index (κ1) is 39.2. The fraction of sp³-hybridized carbons (Fsp3) is 0.400. The first-order chi connectivity index (χ1) is 30.2. The smallest absolute Gasteiger partial charge is 0.493 e. The van der Waals surface area contributed by atoms with Crippen LogP contribution in [0.4, 0.5) is 4.79 Å². The van der Waals surface area contributed by atoms with Gasteiger partial charge >= 0.3 is 18.1 Å². The highest BCUT2D eigenvalue weighted by Crippen LogP contribution is 2.59. The summed E-state index contributed by atoms with van der Waals surface area (Å²) < 4.78 is 81.3. The van der Waals surface area contributed by atoms with Gasteiger partial charge in [0.2, 0.25) is 25.1 Å². The quantitative estimate of drug-likeness (QED) is 0.134. The monoisotopic (exact) mass is 854 g/mol. The van der Waals surface area contributed by atoms with Gasteiger partial charge in [0.15, 0.2) is 46.0 Å². The molecule has 0 unspecified atom stereocenters. The van der Waals surface area contributed by atoms with Crippen molar-refractivity contribution >= 4 is 18.1 Å². The van der Waals surface area contributed by atoms with E-state index in [4.69, 9.17) is 66.3 Å². The molecule has 0 aromatic heterocycles. The summed E-state index contributed by atoms with van der Waals surface area (Å²) in [6, 6.07) is 14.3. The molecule has 4 aromatic rings. The Hall–Kier alpha value is -6.91. The van der Waals surface area contributed by atoms with Crippen LogP contribution in [-0.4, -0.2) is 87.6 Å².